The van der Waals surface area contributed by atoms with E-state index in [9.17, 15) is 0 Å². The third-order valence-corrected chi connectivity index (χ3v) is 2.70. The van der Waals surface area contributed by atoms with Crippen molar-refractivity contribution in [3.05, 3.63) is 23.8 Å². The molecule has 4 heteroatoms. The second-order valence-corrected chi connectivity index (χ2v) is 4.41. The molecule has 2 rings (SSSR count). The quantitative estimate of drug-likeness (QED) is 0.796. The lowest BCUT2D eigenvalue weighted by atomic mass is 10.1. The fourth-order valence-corrected chi connectivity index (χ4v) is 1.92. The lowest BCUT2D eigenvalue weighted by Crippen LogP contribution is -2.23. The van der Waals surface area contributed by atoms with Crippen LogP contribution < -0.4 is 9.47 Å². The van der Waals surface area contributed by atoms with E-state index >= 15 is 0 Å². The van der Waals surface area contributed by atoms with E-state index in [2.05, 4.69) is 11.0 Å². The highest BCUT2D eigenvalue weighted by molar-refractivity contribution is 5.44. The summed E-state index contributed by atoms with van der Waals surface area (Å²) in [5.74, 6) is 1.67. The number of hydrogen-bond acceptors (Lipinski definition) is 4. The summed E-state index contributed by atoms with van der Waals surface area (Å²) in [6.07, 6.45) is 0. The summed E-state index contributed by atoms with van der Waals surface area (Å²) in [6, 6.07) is 8.19. The standard InChI is InChI=1S/C13H16N2O2/c1-10(6-14)7-15(2)8-11-3-4-12-13(5-11)17-9-16-12/h3-5,10H,7-9H2,1-2H3. The van der Waals surface area contributed by atoms with E-state index in [0.717, 1.165) is 24.6 Å². The highest BCUT2D eigenvalue weighted by Gasteiger charge is 2.14. The minimum Gasteiger partial charge on any atom is -0.454 e. The van der Waals surface area contributed by atoms with E-state index < -0.39 is 0 Å². The number of hydrogen-bond donors (Lipinski definition) is 0. The molecule has 1 aromatic carbocycles. The highest BCUT2D eigenvalue weighted by Crippen LogP contribution is 2.32. The monoisotopic (exact) mass is 232 g/mol. The van der Waals surface area contributed by atoms with Gasteiger partial charge in [-0.3, -0.25) is 0 Å². The Morgan fingerprint density at radius 1 is 1.41 bits per heavy atom. The zero-order chi connectivity index (χ0) is 12.3. The highest BCUT2D eigenvalue weighted by atomic mass is 16.7. The van der Waals surface area contributed by atoms with Crippen LogP contribution in [0.4, 0.5) is 0 Å². The van der Waals surface area contributed by atoms with Gasteiger partial charge in [0.2, 0.25) is 6.79 Å². The van der Waals surface area contributed by atoms with Gasteiger partial charge < -0.3 is 14.4 Å². The number of benzene rings is 1. The molecule has 0 amide bonds. The molecule has 1 heterocycles. The van der Waals surface area contributed by atoms with E-state index in [-0.39, 0.29) is 5.92 Å². The fraction of sp³-hybridized carbons (Fsp3) is 0.462. The molecule has 0 saturated heterocycles. The van der Waals surface area contributed by atoms with Crippen LogP contribution in [0.25, 0.3) is 0 Å². The predicted octanol–water partition coefficient (Wildman–Crippen LogP) is 2.01. The summed E-state index contributed by atoms with van der Waals surface area (Å²) in [4.78, 5) is 2.13. The van der Waals surface area contributed by atoms with E-state index in [0.29, 0.717) is 6.79 Å². The number of ether oxygens (including phenoxy) is 2. The van der Waals surface area contributed by atoms with Crippen molar-refractivity contribution in [1.29, 1.82) is 5.26 Å². The Balaban J connectivity index is 1.97. The molecule has 1 aromatic rings. The largest absolute Gasteiger partial charge is 0.454 e. The Bertz CT molecular complexity index is 440. The van der Waals surface area contributed by atoms with E-state index in [1.165, 1.54) is 5.56 Å². The van der Waals surface area contributed by atoms with Gasteiger partial charge in [0.15, 0.2) is 11.5 Å². The second kappa shape index (κ2) is 5.07. The van der Waals surface area contributed by atoms with Crippen LogP contribution in [-0.4, -0.2) is 25.3 Å². The van der Waals surface area contributed by atoms with Gasteiger partial charge in [-0.2, -0.15) is 5.26 Å². The lowest BCUT2D eigenvalue weighted by molar-refractivity contribution is 0.174. The smallest absolute Gasteiger partial charge is 0.231 e. The van der Waals surface area contributed by atoms with Crippen molar-refractivity contribution in [3.8, 4) is 17.6 Å². The zero-order valence-corrected chi connectivity index (χ0v) is 10.1. The number of fused-ring (bicyclic) bond motifs is 1. The maximum Gasteiger partial charge on any atom is 0.231 e. The molecule has 0 radical (unpaired) electrons. The zero-order valence-electron chi connectivity index (χ0n) is 10.1. The van der Waals surface area contributed by atoms with Gasteiger partial charge in [0.25, 0.3) is 0 Å². The Morgan fingerprint density at radius 2 is 2.18 bits per heavy atom. The fourth-order valence-electron chi connectivity index (χ4n) is 1.92. The van der Waals surface area contributed by atoms with Crippen LogP contribution in [0.15, 0.2) is 18.2 Å². The first-order chi connectivity index (χ1) is 8.19. The molecule has 0 spiro atoms. The van der Waals surface area contributed by atoms with Gasteiger partial charge in [0.05, 0.1) is 12.0 Å². The average Bonchev–Trinajstić information content (AvgIpc) is 2.75. The first kappa shape index (κ1) is 11.7. The molecule has 1 atom stereocenters. The molecule has 0 saturated carbocycles. The van der Waals surface area contributed by atoms with Crippen LogP contribution in [0.2, 0.25) is 0 Å². The Hall–Kier alpha value is -1.73. The van der Waals surface area contributed by atoms with Crippen molar-refractivity contribution in [2.24, 2.45) is 5.92 Å². The molecule has 1 aliphatic rings. The SMILES string of the molecule is CC(C#N)CN(C)Cc1ccc2c(c1)OCO2. The topological polar surface area (TPSA) is 45.5 Å². The molecule has 1 aliphatic heterocycles. The summed E-state index contributed by atoms with van der Waals surface area (Å²) in [5, 5.41) is 8.76. The van der Waals surface area contributed by atoms with Crippen molar-refractivity contribution in [2.75, 3.05) is 20.4 Å². The minimum atomic E-state index is 0.0500. The number of nitriles is 1. The minimum absolute atomic E-state index is 0.0500. The van der Waals surface area contributed by atoms with Crippen LogP contribution in [0.1, 0.15) is 12.5 Å². The van der Waals surface area contributed by atoms with E-state index in [1.54, 1.807) is 0 Å². The maximum absolute atomic E-state index is 8.76. The average molecular weight is 232 g/mol. The van der Waals surface area contributed by atoms with Crippen molar-refractivity contribution in [3.63, 3.8) is 0 Å². The molecule has 0 aromatic heterocycles. The molecular formula is C13H16N2O2. The first-order valence-electron chi connectivity index (χ1n) is 5.65. The molecular weight excluding hydrogens is 216 g/mol. The third kappa shape index (κ3) is 2.89. The molecule has 0 fully saturated rings. The predicted molar refractivity (Wildman–Crippen MR) is 63.7 cm³/mol. The summed E-state index contributed by atoms with van der Waals surface area (Å²) in [6.45, 7) is 3.81. The van der Waals surface area contributed by atoms with Crippen LogP contribution in [-0.2, 0) is 6.54 Å². The maximum atomic E-state index is 8.76. The molecule has 0 N–H and O–H groups in total. The van der Waals surface area contributed by atoms with Crippen molar-refractivity contribution in [1.82, 2.24) is 4.90 Å². The summed E-state index contributed by atoms with van der Waals surface area (Å²) in [7, 11) is 2.01. The Morgan fingerprint density at radius 3 is 2.94 bits per heavy atom. The molecule has 0 bridgehead atoms. The normalized spacial score (nSPS) is 14.7. The van der Waals surface area contributed by atoms with Crippen LogP contribution >= 0.6 is 0 Å². The van der Waals surface area contributed by atoms with Gasteiger partial charge in [0.1, 0.15) is 0 Å². The first-order valence-corrected chi connectivity index (χ1v) is 5.65. The van der Waals surface area contributed by atoms with Crippen LogP contribution in [0.5, 0.6) is 11.5 Å². The second-order valence-electron chi connectivity index (χ2n) is 4.41. The van der Waals surface area contributed by atoms with Crippen molar-refractivity contribution < 1.29 is 9.47 Å². The summed E-state index contributed by atoms with van der Waals surface area (Å²) in [5.41, 5.74) is 1.17. The van der Waals surface area contributed by atoms with E-state index in [1.807, 2.05) is 32.2 Å². The van der Waals surface area contributed by atoms with Gasteiger partial charge in [-0.05, 0) is 31.7 Å². The molecule has 0 aliphatic carbocycles. The molecule has 17 heavy (non-hydrogen) atoms. The van der Waals surface area contributed by atoms with Crippen LogP contribution in [0, 0.1) is 17.2 Å². The van der Waals surface area contributed by atoms with Gasteiger partial charge in [0, 0.05) is 13.1 Å². The van der Waals surface area contributed by atoms with Gasteiger partial charge in [-0.1, -0.05) is 6.07 Å². The summed E-state index contributed by atoms with van der Waals surface area (Å²) < 4.78 is 10.6. The lowest BCUT2D eigenvalue weighted by Gasteiger charge is -2.17. The third-order valence-electron chi connectivity index (χ3n) is 2.70. The number of rotatable bonds is 4. The van der Waals surface area contributed by atoms with Gasteiger partial charge in [-0.25, -0.2) is 0 Å². The van der Waals surface area contributed by atoms with Crippen molar-refractivity contribution in [2.45, 2.75) is 13.5 Å². The van der Waals surface area contributed by atoms with Crippen LogP contribution in [0.3, 0.4) is 0 Å². The van der Waals surface area contributed by atoms with Crippen molar-refractivity contribution >= 4 is 0 Å². The van der Waals surface area contributed by atoms with Gasteiger partial charge >= 0.3 is 0 Å². The van der Waals surface area contributed by atoms with E-state index in [4.69, 9.17) is 14.7 Å². The Kier molecular flexibility index (Phi) is 3.50. The van der Waals surface area contributed by atoms with Gasteiger partial charge in [-0.15, -0.1) is 0 Å². The molecule has 4 nitrogen and oxygen atoms in total. The molecule has 1 unspecified atom stereocenters. The summed E-state index contributed by atoms with van der Waals surface area (Å²) >= 11 is 0. The number of nitrogens with zero attached hydrogens (tertiary/aromatic N) is 2. The molecule has 90 valence electrons. The Labute approximate surface area is 101 Å².